The number of para-hydroxylation sites is 1. The first-order chi connectivity index (χ1) is 11.8. The van der Waals surface area contributed by atoms with Gasteiger partial charge >= 0.3 is 5.97 Å². The second-order valence-electron chi connectivity index (χ2n) is 5.88. The first-order valence-corrected chi connectivity index (χ1v) is 7.89. The number of hydrogen-bond acceptors (Lipinski definition) is 3. The molecule has 2 aromatic rings. The minimum Gasteiger partial charge on any atom is -0.491 e. The van der Waals surface area contributed by atoms with Gasteiger partial charge in [-0.2, -0.15) is 0 Å². The molecule has 2 rings (SSSR count). The van der Waals surface area contributed by atoms with Gasteiger partial charge in [0.15, 0.2) is 0 Å². The maximum Gasteiger partial charge on any atom is 0.307 e. The van der Waals surface area contributed by atoms with Crippen LogP contribution in [0.25, 0.3) is 0 Å². The molecule has 6 heteroatoms. The SMILES string of the molecule is CC(C)Oc1ccccc1CC(=O)Nc1ccc(CC(=O)O)c(F)c1. The lowest BCUT2D eigenvalue weighted by atomic mass is 10.1. The van der Waals surface area contributed by atoms with E-state index in [1.807, 2.05) is 26.0 Å². The molecule has 0 spiro atoms. The summed E-state index contributed by atoms with van der Waals surface area (Å²) in [5.74, 6) is -1.46. The highest BCUT2D eigenvalue weighted by Gasteiger charge is 2.12. The number of carbonyl (C=O) groups excluding carboxylic acids is 1. The Balaban J connectivity index is 2.06. The Hall–Kier alpha value is -2.89. The third kappa shape index (κ3) is 5.60. The average molecular weight is 345 g/mol. The lowest BCUT2D eigenvalue weighted by Gasteiger charge is -2.14. The molecule has 0 fully saturated rings. The number of hydrogen-bond donors (Lipinski definition) is 2. The summed E-state index contributed by atoms with van der Waals surface area (Å²) in [5.41, 5.74) is 1.08. The third-order valence-electron chi connectivity index (χ3n) is 3.36. The van der Waals surface area contributed by atoms with Crippen LogP contribution < -0.4 is 10.1 Å². The zero-order valence-electron chi connectivity index (χ0n) is 14.1. The Morgan fingerprint density at radius 3 is 2.48 bits per heavy atom. The largest absolute Gasteiger partial charge is 0.491 e. The molecular formula is C19H20FNO4. The molecule has 0 aromatic heterocycles. The second-order valence-corrected chi connectivity index (χ2v) is 5.88. The summed E-state index contributed by atoms with van der Waals surface area (Å²) in [5, 5.41) is 11.3. The van der Waals surface area contributed by atoms with Crippen LogP contribution >= 0.6 is 0 Å². The van der Waals surface area contributed by atoms with Crippen LogP contribution in [-0.4, -0.2) is 23.1 Å². The summed E-state index contributed by atoms with van der Waals surface area (Å²) in [4.78, 5) is 22.9. The molecule has 0 aliphatic heterocycles. The van der Waals surface area contributed by atoms with Gasteiger partial charge < -0.3 is 15.2 Å². The normalized spacial score (nSPS) is 10.6. The van der Waals surface area contributed by atoms with Gasteiger partial charge in [-0.1, -0.05) is 24.3 Å². The zero-order valence-corrected chi connectivity index (χ0v) is 14.1. The number of nitrogens with one attached hydrogen (secondary N) is 1. The highest BCUT2D eigenvalue weighted by Crippen LogP contribution is 2.21. The van der Waals surface area contributed by atoms with Gasteiger partial charge in [0.1, 0.15) is 11.6 Å². The second kappa shape index (κ2) is 8.28. The van der Waals surface area contributed by atoms with E-state index in [0.717, 1.165) is 11.6 Å². The Morgan fingerprint density at radius 1 is 1.12 bits per heavy atom. The van der Waals surface area contributed by atoms with E-state index in [0.29, 0.717) is 5.75 Å². The van der Waals surface area contributed by atoms with E-state index in [1.165, 1.54) is 12.1 Å². The molecular weight excluding hydrogens is 325 g/mol. The number of aliphatic carboxylic acids is 1. The van der Waals surface area contributed by atoms with E-state index >= 15 is 0 Å². The number of anilines is 1. The number of benzene rings is 2. The molecule has 5 nitrogen and oxygen atoms in total. The number of amides is 1. The fraction of sp³-hybridized carbons (Fsp3) is 0.263. The Morgan fingerprint density at radius 2 is 1.84 bits per heavy atom. The number of carboxylic acids is 1. The zero-order chi connectivity index (χ0) is 18.4. The van der Waals surface area contributed by atoms with Crippen molar-refractivity contribution in [1.82, 2.24) is 0 Å². The van der Waals surface area contributed by atoms with Crippen molar-refractivity contribution in [3.8, 4) is 5.75 Å². The smallest absolute Gasteiger partial charge is 0.307 e. The Labute approximate surface area is 145 Å². The van der Waals surface area contributed by atoms with Crippen molar-refractivity contribution in [2.75, 3.05) is 5.32 Å². The monoisotopic (exact) mass is 345 g/mol. The predicted molar refractivity (Wildman–Crippen MR) is 92.3 cm³/mol. The molecule has 0 aliphatic rings. The standard InChI is InChI=1S/C19H20FNO4/c1-12(2)25-17-6-4-3-5-14(17)9-18(22)21-15-8-7-13(10-19(23)24)16(20)11-15/h3-8,11-12H,9-10H2,1-2H3,(H,21,22)(H,23,24). The lowest BCUT2D eigenvalue weighted by Crippen LogP contribution is -2.16. The molecule has 132 valence electrons. The van der Waals surface area contributed by atoms with Gasteiger partial charge in [0.25, 0.3) is 0 Å². The minimum absolute atomic E-state index is 0.0138. The van der Waals surface area contributed by atoms with Crippen LogP contribution in [0.3, 0.4) is 0 Å². The van der Waals surface area contributed by atoms with Gasteiger partial charge in [0.05, 0.1) is 18.9 Å². The van der Waals surface area contributed by atoms with Crippen molar-refractivity contribution in [1.29, 1.82) is 0 Å². The Kier molecular flexibility index (Phi) is 6.11. The van der Waals surface area contributed by atoms with Crippen molar-refractivity contribution < 1.29 is 23.8 Å². The summed E-state index contributed by atoms with van der Waals surface area (Å²) < 4.78 is 19.5. The van der Waals surface area contributed by atoms with Crippen molar-refractivity contribution in [3.05, 3.63) is 59.4 Å². The van der Waals surface area contributed by atoms with E-state index < -0.39 is 18.2 Å². The van der Waals surface area contributed by atoms with Crippen LogP contribution in [0.2, 0.25) is 0 Å². The number of ether oxygens (including phenoxy) is 1. The molecule has 0 atom stereocenters. The van der Waals surface area contributed by atoms with Crippen LogP contribution in [0.5, 0.6) is 5.75 Å². The summed E-state index contributed by atoms with van der Waals surface area (Å²) in [6.07, 6.45) is -0.332. The van der Waals surface area contributed by atoms with Crippen molar-refractivity contribution in [2.24, 2.45) is 0 Å². The molecule has 2 N–H and O–H groups in total. The van der Waals surface area contributed by atoms with Gasteiger partial charge in [-0.25, -0.2) is 4.39 Å². The Bertz CT molecular complexity index is 774. The summed E-state index contributed by atoms with van der Waals surface area (Å²) in [7, 11) is 0. The molecule has 25 heavy (non-hydrogen) atoms. The first kappa shape index (κ1) is 18.4. The lowest BCUT2D eigenvalue weighted by molar-refractivity contribution is -0.136. The van der Waals surface area contributed by atoms with Crippen molar-refractivity contribution in [2.45, 2.75) is 32.8 Å². The maximum absolute atomic E-state index is 13.9. The van der Waals surface area contributed by atoms with Gasteiger partial charge in [-0.3, -0.25) is 9.59 Å². The molecule has 0 unspecified atom stereocenters. The van der Waals surface area contributed by atoms with Crippen LogP contribution in [0.15, 0.2) is 42.5 Å². The van der Waals surface area contributed by atoms with E-state index in [4.69, 9.17) is 9.84 Å². The van der Waals surface area contributed by atoms with Gasteiger partial charge in [0, 0.05) is 11.3 Å². The first-order valence-electron chi connectivity index (χ1n) is 7.89. The molecule has 0 saturated heterocycles. The highest BCUT2D eigenvalue weighted by atomic mass is 19.1. The van der Waals surface area contributed by atoms with Gasteiger partial charge in [-0.05, 0) is 37.6 Å². The van der Waals surface area contributed by atoms with Crippen LogP contribution in [0.1, 0.15) is 25.0 Å². The number of carboxylic acid groups (broad SMARTS) is 1. The van der Waals surface area contributed by atoms with E-state index in [1.54, 1.807) is 12.1 Å². The fourth-order valence-corrected chi connectivity index (χ4v) is 2.33. The van der Waals surface area contributed by atoms with Gasteiger partial charge in [-0.15, -0.1) is 0 Å². The number of rotatable bonds is 7. The quantitative estimate of drug-likeness (QED) is 0.806. The average Bonchev–Trinajstić information content (AvgIpc) is 2.51. The fourth-order valence-electron chi connectivity index (χ4n) is 2.33. The highest BCUT2D eigenvalue weighted by molar-refractivity contribution is 5.92. The van der Waals surface area contributed by atoms with Crippen LogP contribution in [-0.2, 0) is 22.4 Å². The van der Waals surface area contributed by atoms with E-state index in [9.17, 15) is 14.0 Å². The summed E-state index contributed by atoms with van der Waals surface area (Å²) in [6.45, 7) is 3.80. The number of halogens is 1. The number of carbonyl (C=O) groups is 2. The predicted octanol–water partition coefficient (Wildman–Crippen LogP) is 3.42. The summed E-state index contributed by atoms with van der Waals surface area (Å²) in [6, 6.07) is 11.2. The van der Waals surface area contributed by atoms with E-state index in [2.05, 4.69) is 5.32 Å². The molecule has 0 aliphatic carbocycles. The van der Waals surface area contributed by atoms with Crippen LogP contribution in [0, 0.1) is 5.82 Å². The summed E-state index contributed by atoms with van der Waals surface area (Å²) >= 11 is 0. The van der Waals surface area contributed by atoms with Crippen LogP contribution in [0.4, 0.5) is 10.1 Å². The van der Waals surface area contributed by atoms with Crippen molar-refractivity contribution >= 4 is 17.6 Å². The molecule has 0 radical (unpaired) electrons. The maximum atomic E-state index is 13.9. The molecule has 0 heterocycles. The topological polar surface area (TPSA) is 75.6 Å². The minimum atomic E-state index is -1.11. The van der Waals surface area contributed by atoms with Crippen molar-refractivity contribution in [3.63, 3.8) is 0 Å². The van der Waals surface area contributed by atoms with E-state index in [-0.39, 0.29) is 29.7 Å². The molecule has 1 amide bonds. The third-order valence-corrected chi connectivity index (χ3v) is 3.36. The molecule has 0 bridgehead atoms. The molecule has 2 aromatic carbocycles. The molecule has 0 saturated carbocycles. The van der Waals surface area contributed by atoms with Gasteiger partial charge in [0.2, 0.25) is 5.91 Å².